The highest BCUT2D eigenvalue weighted by Crippen LogP contribution is 2.28. The Labute approximate surface area is 120 Å². The fourth-order valence-electron chi connectivity index (χ4n) is 2.81. The molecule has 5 heteroatoms. The summed E-state index contributed by atoms with van der Waals surface area (Å²) >= 11 is 0. The Morgan fingerprint density at radius 1 is 1.50 bits per heavy atom. The molecule has 1 aliphatic carbocycles. The van der Waals surface area contributed by atoms with Crippen LogP contribution in [-0.4, -0.2) is 26.9 Å². The predicted molar refractivity (Wildman–Crippen MR) is 77.5 cm³/mol. The second kappa shape index (κ2) is 6.88. The smallest absolute Gasteiger partial charge is 0.320 e. The van der Waals surface area contributed by atoms with Crippen molar-refractivity contribution in [3.63, 3.8) is 0 Å². The molecule has 1 fully saturated rings. The van der Waals surface area contributed by atoms with Crippen molar-refractivity contribution in [2.24, 2.45) is 5.92 Å². The van der Waals surface area contributed by atoms with Crippen LogP contribution in [0.5, 0.6) is 0 Å². The third kappa shape index (κ3) is 4.07. The number of hydrogen-bond donors (Lipinski definition) is 2. The first kappa shape index (κ1) is 15.0. The number of aromatic nitrogens is 2. The second-order valence-electron chi connectivity index (χ2n) is 6.13. The lowest BCUT2D eigenvalue weighted by atomic mass is 10.0. The number of nitrogens with one attached hydrogen (secondary N) is 1. The zero-order chi connectivity index (χ0) is 14.5. The van der Waals surface area contributed by atoms with Crippen LogP contribution in [0, 0.1) is 5.92 Å². The van der Waals surface area contributed by atoms with E-state index in [0.29, 0.717) is 24.9 Å². The SMILES string of the molecule is CC(C)CC(NCc1ccn(C2CCCC2)n1)C(=O)O. The van der Waals surface area contributed by atoms with Gasteiger partial charge in [0.15, 0.2) is 0 Å². The molecule has 0 aromatic carbocycles. The summed E-state index contributed by atoms with van der Waals surface area (Å²) in [5.74, 6) is -0.423. The third-order valence-corrected chi connectivity index (χ3v) is 3.90. The van der Waals surface area contributed by atoms with Gasteiger partial charge in [-0.15, -0.1) is 0 Å². The third-order valence-electron chi connectivity index (χ3n) is 3.90. The van der Waals surface area contributed by atoms with Gasteiger partial charge in [-0.1, -0.05) is 26.7 Å². The minimum absolute atomic E-state index is 0.361. The lowest BCUT2D eigenvalue weighted by molar-refractivity contribution is -0.140. The molecule has 5 nitrogen and oxygen atoms in total. The van der Waals surface area contributed by atoms with E-state index in [1.54, 1.807) is 0 Å². The summed E-state index contributed by atoms with van der Waals surface area (Å²) in [4.78, 5) is 11.2. The fourth-order valence-corrected chi connectivity index (χ4v) is 2.81. The van der Waals surface area contributed by atoms with Gasteiger partial charge in [-0.3, -0.25) is 14.8 Å². The van der Waals surface area contributed by atoms with Gasteiger partial charge in [-0.05, 0) is 31.2 Å². The molecule has 0 radical (unpaired) electrons. The van der Waals surface area contributed by atoms with Gasteiger partial charge in [0.2, 0.25) is 0 Å². The van der Waals surface area contributed by atoms with Crippen LogP contribution in [0.25, 0.3) is 0 Å². The Bertz CT molecular complexity index is 436. The molecule has 1 aliphatic rings. The number of hydrogen-bond acceptors (Lipinski definition) is 3. The van der Waals surface area contributed by atoms with Crippen molar-refractivity contribution >= 4 is 5.97 Å². The van der Waals surface area contributed by atoms with Gasteiger partial charge in [-0.2, -0.15) is 5.10 Å². The van der Waals surface area contributed by atoms with Crippen LogP contribution >= 0.6 is 0 Å². The molecule has 1 atom stereocenters. The molecule has 1 aromatic heterocycles. The van der Waals surface area contributed by atoms with Crippen LogP contribution in [0.4, 0.5) is 0 Å². The quantitative estimate of drug-likeness (QED) is 0.805. The van der Waals surface area contributed by atoms with E-state index in [2.05, 4.69) is 10.4 Å². The summed E-state index contributed by atoms with van der Waals surface area (Å²) in [7, 11) is 0. The molecule has 112 valence electrons. The van der Waals surface area contributed by atoms with Crippen LogP contribution < -0.4 is 5.32 Å². The van der Waals surface area contributed by atoms with Gasteiger partial charge < -0.3 is 5.11 Å². The first-order valence-electron chi connectivity index (χ1n) is 7.56. The van der Waals surface area contributed by atoms with Gasteiger partial charge in [0.05, 0.1) is 11.7 Å². The summed E-state index contributed by atoms with van der Waals surface area (Å²) in [6.07, 6.45) is 7.64. The largest absolute Gasteiger partial charge is 0.480 e. The van der Waals surface area contributed by atoms with Crippen molar-refractivity contribution in [3.8, 4) is 0 Å². The molecule has 0 aliphatic heterocycles. The molecule has 2 rings (SSSR count). The first-order valence-corrected chi connectivity index (χ1v) is 7.56. The normalized spacial score (nSPS) is 17.8. The number of carbonyl (C=O) groups is 1. The van der Waals surface area contributed by atoms with Crippen molar-refractivity contribution in [2.75, 3.05) is 0 Å². The molecule has 0 amide bonds. The highest BCUT2D eigenvalue weighted by atomic mass is 16.4. The molecular weight excluding hydrogens is 254 g/mol. The minimum atomic E-state index is -0.783. The summed E-state index contributed by atoms with van der Waals surface area (Å²) in [6, 6.07) is 2.03. The molecule has 1 unspecified atom stereocenters. The Balaban J connectivity index is 1.87. The molecule has 2 N–H and O–H groups in total. The van der Waals surface area contributed by atoms with Gasteiger partial charge in [-0.25, -0.2) is 0 Å². The van der Waals surface area contributed by atoms with Crippen molar-refractivity contribution in [2.45, 2.75) is 64.6 Å². The monoisotopic (exact) mass is 279 g/mol. The van der Waals surface area contributed by atoms with Gasteiger partial charge in [0.25, 0.3) is 0 Å². The highest BCUT2D eigenvalue weighted by molar-refractivity contribution is 5.73. The molecular formula is C15H25N3O2. The summed E-state index contributed by atoms with van der Waals surface area (Å²) < 4.78 is 2.04. The molecule has 0 spiro atoms. The lowest BCUT2D eigenvalue weighted by Gasteiger charge is -2.15. The second-order valence-corrected chi connectivity index (χ2v) is 6.13. The van der Waals surface area contributed by atoms with E-state index in [0.717, 1.165) is 5.69 Å². The number of aliphatic carboxylic acids is 1. The lowest BCUT2D eigenvalue weighted by Crippen LogP contribution is -2.37. The topological polar surface area (TPSA) is 67.2 Å². The van der Waals surface area contributed by atoms with Crippen molar-refractivity contribution < 1.29 is 9.90 Å². The molecule has 0 bridgehead atoms. The minimum Gasteiger partial charge on any atom is -0.480 e. The summed E-state index contributed by atoms with van der Waals surface area (Å²) in [5.41, 5.74) is 0.923. The number of carboxylic acids is 1. The fraction of sp³-hybridized carbons (Fsp3) is 0.733. The summed E-state index contributed by atoms with van der Waals surface area (Å²) in [5, 5.41) is 16.8. The Hall–Kier alpha value is -1.36. The van der Waals surface area contributed by atoms with E-state index in [4.69, 9.17) is 0 Å². The zero-order valence-electron chi connectivity index (χ0n) is 12.4. The number of rotatable bonds is 7. The average molecular weight is 279 g/mol. The molecule has 1 heterocycles. The molecule has 0 saturated heterocycles. The average Bonchev–Trinajstić information content (AvgIpc) is 3.03. The van der Waals surface area contributed by atoms with Crippen LogP contribution in [0.3, 0.4) is 0 Å². The maximum atomic E-state index is 11.2. The van der Waals surface area contributed by atoms with Crippen LogP contribution in [0.1, 0.15) is 57.7 Å². The maximum absolute atomic E-state index is 11.2. The zero-order valence-corrected chi connectivity index (χ0v) is 12.4. The van der Waals surface area contributed by atoms with Gasteiger partial charge in [0, 0.05) is 12.7 Å². The van der Waals surface area contributed by atoms with Crippen LogP contribution in [-0.2, 0) is 11.3 Å². The van der Waals surface area contributed by atoms with E-state index < -0.39 is 12.0 Å². The molecule has 20 heavy (non-hydrogen) atoms. The number of carboxylic acid groups (broad SMARTS) is 1. The first-order chi connectivity index (χ1) is 9.56. The van der Waals surface area contributed by atoms with Gasteiger partial charge >= 0.3 is 5.97 Å². The van der Waals surface area contributed by atoms with E-state index >= 15 is 0 Å². The Morgan fingerprint density at radius 2 is 2.20 bits per heavy atom. The van der Waals surface area contributed by atoms with Crippen LogP contribution in [0.2, 0.25) is 0 Å². The van der Waals surface area contributed by atoms with E-state index in [1.807, 2.05) is 30.8 Å². The van der Waals surface area contributed by atoms with Crippen molar-refractivity contribution in [3.05, 3.63) is 18.0 Å². The van der Waals surface area contributed by atoms with E-state index in [9.17, 15) is 9.90 Å². The van der Waals surface area contributed by atoms with Gasteiger partial charge in [0.1, 0.15) is 6.04 Å². The van der Waals surface area contributed by atoms with E-state index in [-0.39, 0.29) is 0 Å². The predicted octanol–water partition coefficient (Wildman–Crippen LogP) is 2.59. The summed E-state index contributed by atoms with van der Waals surface area (Å²) in [6.45, 7) is 4.59. The van der Waals surface area contributed by atoms with Crippen LogP contribution in [0.15, 0.2) is 12.3 Å². The number of nitrogens with zero attached hydrogens (tertiary/aromatic N) is 2. The van der Waals surface area contributed by atoms with E-state index in [1.165, 1.54) is 25.7 Å². The van der Waals surface area contributed by atoms with Crippen molar-refractivity contribution in [1.29, 1.82) is 0 Å². The molecule has 1 saturated carbocycles. The highest BCUT2D eigenvalue weighted by Gasteiger charge is 2.20. The standard InChI is InChI=1S/C15H25N3O2/c1-11(2)9-14(15(19)20)16-10-12-7-8-18(17-12)13-5-3-4-6-13/h7-8,11,13-14,16H,3-6,9-10H2,1-2H3,(H,19,20). The Morgan fingerprint density at radius 3 is 2.80 bits per heavy atom. The maximum Gasteiger partial charge on any atom is 0.320 e. The van der Waals surface area contributed by atoms with Crippen molar-refractivity contribution in [1.82, 2.24) is 15.1 Å². The Kier molecular flexibility index (Phi) is 5.17. The molecule has 1 aromatic rings.